The molecule has 0 aromatic carbocycles. The van der Waals surface area contributed by atoms with Gasteiger partial charge in [0, 0.05) is 0 Å². The van der Waals surface area contributed by atoms with E-state index >= 15 is 0 Å². The summed E-state index contributed by atoms with van der Waals surface area (Å²) >= 11 is 22.2. The van der Waals surface area contributed by atoms with Gasteiger partial charge in [-0.05, 0) is 0 Å². The van der Waals surface area contributed by atoms with Gasteiger partial charge in [-0.15, -0.1) is 0 Å². The monoisotopic (exact) mass is 270 g/mol. The molecule has 0 saturated heterocycles. The third-order valence-corrected chi connectivity index (χ3v) is 2.92. The number of hydrogen-bond acceptors (Lipinski definition) is 1. The molecule has 0 heterocycles. The average molecular weight is 272 g/mol. The zero-order valence-electron chi connectivity index (χ0n) is 6.64. The molecule has 0 aliphatic rings. The third kappa shape index (κ3) is 11.1. The zero-order chi connectivity index (χ0) is 9.69. The van der Waals surface area contributed by atoms with Crippen molar-refractivity contribution in [1.29, 1.82) is 0 Å². The van der Waals surface area contributed by atoms with Crippen LogP contribution in [0.15, 0.2) is 12.1 Å². The first-order valence-corrected chi connectivity index (χ1v) is 9.42. The van der Waals surface area contributed by atoms with Crippen LogP contribution in [-0.2, 0) is 4.74 Å². The Bertz CT molecular complexity index is 153. The zero-order valence-corrected chi connectivity index (χ0v) is 10.6. The molecule has 0 rings (SSSR count). The molecule has 0 unspecified atom stereocenters. The van der Waals surface area contributed by atoms with Crippen LogP contribution in [0.3, 0.4) is 0 Å². The second-order valence-corrected chi connectivity index (χ2v) is 15.7. The van der Waals surface area contributed by atoms with E-state index in [1.54, 1.807) is 0 Å². The number of ether oxygens (including phenoxy) is 1. The Balaban J connectivity index is 3.63. The van der Waals surface area contributed by atoms with Crippen molar-refractivity contribution in [3.05, 3.63) is 12.1 Å². The Kier molecular flexibility index (Phi) is 5.60. The van der Waals surface area contributed by atoms with Crippen molar-refractivity contribution < 1.29 is 4.74 Å². The SMILES string of the molecule is CCCCO/C=C/P(Cl)(Cl)(Cl)Cl. The van der Waals surface area contributed by atoms with E-state index in [-0.39, 0.29) is 0 Å². The summed E-state index contributed by atoms with van der Waals surface area (Å²) in [5.41, 5.74) is 0. The topological polar surface area (TPSA) is 9.23 Å². The molecule has 0 aliphatic heterocycles. The van der Waals surface area contributed by atoms with Crippen LogP contribution in [0.4, 0.5) is 0 Å². The van der Waals surface area contributed by atoms with Gasteiger partial charge in [0.15, 0.2) is 0 Å². The van der Waals surface area contributed by atoms with Gasteiger partial charge in [0.2, 0.25) is 0 Å². The summed E-state index contributed by atoms with van der Waals surface area (Å²) in [5, 5.41) is 0. The van der Waals surface area contributed by atoms with Crippen LogP contribution in [0.5, 0.6) is 0 Å². The van der Waals surface area contributed by atoms with Crippen LogP contribution in [-0.4, -0.2) is 6.61 Å². The van der Waals surface area contributed by atoms with Gasteiger partial charge < -0.3 is 0 Å². The Morgan fingerprint density at radius 1 is 1.25 bits per heavy atom. The maximum absolute atomic E-state index is 5.56. The molecule has 12 heavy (non-hydrogen) atoms. The van der Waals surface area contributed by atoms with Gasteiger partial charge in [0.05, 0.1) is 0 Å². The Labute approximate surface area is 92.0 Å². The van der Waals surface area contributed by atoms with E-state index in [1.165, 1.54) is 12.1 Å². The Morgan fingerprint density at radius 3 is 2.25 bits per heavy atom. The van der Waals surface area contributed by atoms with E-state index in [0.717, 1.165) is 12.8 Å². The van der Waals surface area contributed by atoms with Crippen molar-refractivity contribution >= 4 is 49.0 Å². The number of halogens is 4. The summed E-state index contributed by atoms with van der Waals surface area (Å²) < 4.78 is 1.44. The predicted molar refractivity (Wildman–Crippen MR) is 60.3 cm³/mol. The minimum atomic E-state index is -3.59. The summed E-state index contributed by atoms with van der Waals surface area (Å²) in [6, 6.07) is 0. The molecule has 0 atom stereocenters. The van der Waals surface area contributed by atoms with E-state index in [9.17, 15) is 0 Å². The molecule has 0 amide bonds. The minimum absolute atomic E-state index is 0.626. The van der Waals surface area contributed by atoms with Crippen LogP contribution in [0.2, 0.25) is 0 Å². The molecule has 1 nitrogen and oxygen atoms in total. The average Bonchev–Trinajstić information content (AvgIpc) is 1.83. The van der Waals surface area contributed by atoms with Gasteiger partial charge >= 0.3 is 92.2 Å². The second kappa shape index (κ2) is 5.12. The fraction of sp³-hybridized carbons (Fsp3) is 0.667. The maximum atomic E-state index is 5.56. The number of unbranched alkanes of at least 4 members (excludes halogenated alkanes) is 1. The van der Waals surface area contributed by atoms with Gasteiger partial charge in [-0.3, -0.25) is 0 Å². The third-order valence-electron chi connectivity index (χ3n) is 0.998. The summed E-state index contributed by atoms with van der Waals surface area (Å²) in [6.07, 6.45) is 3.41. The molecule has 0 aromatic rings. The molecule has 0 fully saturated rings. The standard InChI is InChI=1S/C6H11Cl4OP/c1-2-3-4-11-5-6-12(7,8,9)10/h5-6H,2-4H2,1H3/b6-5+. The summed E-state index contributed by atoms with van der Waals surface area (Å²) in [7, 11) is 0. The fourth-order valence-corrected chi connectivity index (χ4v) is 1.25. The van der Waals surface area contributed by atoms with Crippen molar-refractivity contribution in [2.24, 2.45) is 0 Å². The van der Waals surface area contributed by atoms with E-state index in [2.05, 4.69) is 6.92 Å². The molecular weight excluding hydrogens is 261 g/mol. The molecule has 0 aromatic heterocycles. The van der Waals surface area contributed by atoms with E-state index in [1.807, 2.05) is 0 Å². The van der Waals surface area contributed by atoms with Crippen LogP contribution in [0, 0.1) is 0 Å². The van der Waals surface area contributed by atoms with Gasteiger partial charge in [-0.1, -0.05) is 0 Å². The van der Waals surface area contributed by atoms with Crippen molar-refractivity contribution in [2.75, 3.05) is 6.61 Å². The molecule has 0 spiro atoms. The second-order valence-electron chi connectivity index (χ2n) is 2.28. The van der Waals surface area contributed by atoms with Crippen molar-refractivity contribution in [1.82, 2.24) is 0 Å². The summed E-state index contributed by atoms with van der Waals surface area (Å²) in [6.45, 7) is 2.69. The Morgan fingerprint density at radius 2 is 1.83 bits per heavy atom. The number of rotatable bonds is 5. The molecule has 0 radical (unpaired) electrons. The van der Waals surface area contributed by atoms with Gasteiger partial charge in [0.1, 0.15) is 0 Å². The predicted octanol–water partition coefficient (Wildman–Crippen LogP) is 5.44. The normalized spacial score (nSPS) is 15.9. The summed E-state index contributed by atoms with van der Waals surface area (Å²) in [4.78, 5) is 0. The molecule has 6 heteroatoms. The summed E-state index contributed by atoms with van der Waals surface area (Å²) in [5.74, 6) is 1.30. The number of hydrogen-bond donors (Lipinski definition) is 0. The van der Waals surface area contributed by atoms with E-state index < -0.39 is 4.01 Å². The van der Waals surface area contributed by atoms with Crippen molar-refractivity contribution in [3.63, 3.8) is 0 Å². The molecular formula is C6H11Cl4OP. The van der Waals surface area contributed by atoms with Gasteiger partial charge in [-0.2, -0.15) is 0 Å². The first-order chi connectivity index (χ1) is 5.31. The van der Waals surface area contributed by atoms with Crippen LogP contribution in [0.25, 0.3) is 0 Å². The van der Waals surface area contributed by atoms with Crippen molar-refractivity contribution in [3.8, 4) is 0 Å². The van der Waals surface area contributed by atoms with Crippen LogP contribution in [0.1, 0.15) is 19.8 Å². The fourth-order valence-electron chi connectivity index (χ4n) is 0.431. The quantitative estimate of drug-likeness (QED) is 0.367. The molecule has 0 saturated carbocycles. The van der Waals surface area contributed by atoms with Crippen LogP contribution < -0.4 is 0 Å². The molecule has 74 valence electrons. The molecule has 0 N–H and O–H groups in total. The van der Waals surface area contributed by atoms with E-state index in [4.69, 9.17) is 49.7 Å². The Hall–Kier alpha value is 1.13. The van der Waals surface area contributed by atoms with E-state index in [0.29, 0.717) is 6.61 Å². The van der Waals surface area contributed by atoms with Gasteiger partial charge in [0.25, 0.3) is 0 Å². The van der Waals surface area contributed by atoms with Crippen LogP contribution >= 0.6 is 49.0 Å². The first-order valence-electron chi connectivity index (χ1n) is 3.50. The first kappa shape index (κ1) is 13.1. The van der Waals surface area contributed by atoms with Gasteiger partial charge in [-0.25, -0.2) is 0 Å². The van der Waals surface area contributed by atoms with Crippen molar-refractivity contribution in [2.45, 2.75) is 19.8 Å². The molecule has 0 bridgehead atoms. The molecule has 0 aliphatic carbocycles.